The Bertz CT molecular complexity index is 746. The molecule has 0 saturated carbocycles. The quantitative estimate of drug-likeness (QED) is 0.892. The first kappa shape index (κ1) is 16.7. The average molecular weight is 319 g/mol. The standard InChI is InChI=1S/C15H21N5O3/c1-9-12(10(2)19(5)17-9)8-18(4)14(21)11(3)20-13(15(22)23)6-7-16-20/h6-7,11H,8H2,1-5H3,(H,22,23). The van der Waals surface area contributed by atoms with E-state index < -0.39 is 12.0 Å². The predicted octanol–water partition coefficient (Wildman–Crippen LogP) is 1.15. The summed E-state index contributed by atoms with van der Waals surface area (Å²) in [4.78, 5) is 25.3. The number of carbonyl (C=O) groups excluding carboxylic acids is 1. The summed E-state index contributed by atoms with van der Waals surface area (Å²) in [5.74, 6) is -1.32. The number of aryl methyl sites for hydroxylation is 2. The lowest BCUT2D eigenvalue weighted by Gasteiger charge is -2.22. The number of carboxylic acid groups (broad SMARTS) is 1. The van der Waals surface area contributed by atoms with E-state index in [1.807, 2.05) is 20.9 Å². The van der Waals surface area contributed by atoms with Crippen LogP contribution in [-0.4, -0.2) is 48.5 Å². The maximum absolute atomic E-state index is 12.6. The Morgan fingerprint density at radius 3 is 2.57 bits per heavy atom. The third kappa shape index (κ3) is 3.10. The van der Waals surface area contributed by atoms with Gasteiger partial charge in [0.2, 0.25) is 5.91 Å². The summed E-state index contributed by atoms with van der Waals surface area (Å²) in [6.07, 6.45) is 1.38. The van der Waals surface area contributed by atoms with Crippen molar-refractivity contribution < 1.29 is 14.7 Å². The number of carbonyl (C=O) groups is 2. The molecule has 2 aromatic heterocycles. The van der Waals surface area contributed by atoms with Crippen LogP contribution in [0.25, 0.3) is 0 Å². The summed E-state index contributed by atoms with van der Waals surface area (Å²) >= 11 is 0. The highest BCUT2D eigenvalue weighted by atomic mass is 16.4. The summed E-state index contributed by atoms with van der Waals surface area (Å²) in [5, 5.41) is 17.4. The van der Waals surface area contributed by atoms with Crippen LogP contribution in [0.3, 0.4) is 0 Å². The fourth-order valence-corrected chi connectivity index (χ4v) is 2.58. The molecule has 2 heterocycles. The Labute approximate surface area is 134 Å². The molecule has 0 aliphatic heterocycles. The van der Waals surface area contributed by atoms with E-state index in [4.69, 9.17) is 5.11 Å². The predicted molar refractivity (Wildman–Crippen MR) is 83.1 cm³/mol. The summed E-state index contributed by atoms with van der Waals surface area (Å²) in [5.41, 5.74) is 2.87. The molecular formula is C15H21N5O3. The molecule has 8 nitrogen and oxygen atoms in total. The number of hydrogen-bond donors (Lipinski definition) is 1. The highest BCUT2D eigenvalue weighted by Gasteiger charge is 2.25. The second-order valence-corrected chi connectivity index (χ2v) is 5.61. The van der Waals surface area contributed by atoms with Crippen molar-refractivity contribution in [2.75, 3.05) is 7.05 Å². The number of likely N-dealkylation sites (N-methyl/N-ethyl adjacent to an activating group) is 1. The van der Waals surface area contributed by atoms with Crippen LogP contribution in [0.2, 0.25) is 0 Å². The molecule has 0 bridgehead atoms. The second-order valence-electron chi connectivity index (χ2n) is 5.61. The molecule has 1 N–H and O–H groups in total. The fourth-order valence-electron chi connectivity index (χ4n) is 2.58. The van der Waals surface area contributed by atoms with Crippen LogP contribution < -0.4 is 0 Å². The van der Waals surface area contributed by atoms with Crippen LogP contribution in [-0.2, 0) is 18.4 Å². The Kier molecular flexibility index (Phi) is 4.53. The van der Waals surface area contributed by atoms with Gasteiger partial charge >= 0.3 is 5.97 Å². The summed E-state index contributed by atoms with van der Waals surface area (Å²) < 4.78 is 3.01. The van der Waals surface area contributed by atoms with Crippen LogP contribution in [0.4, 0.5) is 0 Å². The van der Waals surface area contributed by atoms with Crippen molar-refractivity contribution in [3.8, 4) is 0 Å². The molecule has 124 valence electrons. The van der Waals surface area contributed by atoms with Gasteiger partial charge in [-0.05, 0) is 26.8 Å². The molecule has 0 aromatic carbocycles. The zero-order chi connectivity index (χ0) is 17.3. The highest BCUT2D eigenvalue weighted by molar-refractivity contribution is 5.87. The van der Waals surface area contributed by atoms with Crippen molar-refractivity contribution >= 4 is 11.9 Å². The summed E-state index contributed by atoms with van der Waals surface area (Å²) in [6, 6.07) is 0.681. The molecular weight excluding hydrogens is 298 g/mol. The van der Waals surface area contributed by atoms with Gasteiger partial charge in [0.1, 0.15) is 11.7 Å². The molecule has 0 fully saturated rings. The van der Waals surface area contributed by atoms with Crippen LogP contribution >= 0.6 is 0 Å². The first-order chi connectivity index (χ1) is 10.7. The van der Waals surface area contributed by atoms with Crippen molar-refractivity contribution in [2.45, 2.75) is 33.4 Å². The zero-order valence-electron chi connectivity index (χ0n) is 13.9. The maximum atomic E-state index is 12.6. The molecule has 8 heteroatoms. The molecule has 1 unspecified atom stereocenters. The molecule has 23 heavy (non-hydrogen) atoms. The van der Waals surface area contributed by atoms with E-state index in [1.165, 1.54) is 16.9 Å². The van der Waals surface area contributed by atoms with Gasteiger partial charge in [0.15, 0.2) is 0 Å². The van der Waals surface area contributed by atoms with Gasteiger partial charge in [0.05, 0.1) is 5.69 Å². The average Bonchev–Trinajstić information content (AvgIpc) is 3.07. The normalized spacial score (nSPS) is 12.2. The lowest BCUT2D eigenvalue weighted by Crippen LogP contribution is -2.34. The van der Waals surface area contributed by atoms with Crippen molar-refractivity contribution in [1.29, 1.82) is 0 Å². The minimum atomic E-state index is -1.11. The number of nitrogens with zero attached hydrogens (tertiary/aromatic N) is 5. The largest absolute Gasteiger partial charge is 0.477 e. The number of amides is 1. The molecule has 0 aliphatic rings. The van der Waals surface area contributed by atoms with E-state index in [0.29, 0.717) is 6.54 Å². The van der Waals surface area contributed by atoms with E-state index in [1.54, 1.807) is 23.6 Å². The second kappa shape index (κ2) is 6.23. The lowest BCUT2D eigenvalue weighted by molar-refractivity contribution is -0.133. The Balaban J connectivity index is 2.19. The monoisotopic (exact) mass is 319 g/mol. The molecule has 0 spiro atoms. The maximum Gasteiger partial charge on any atom is 0.354 e. The number of aromatic nitrogens is 4. The fraction of sp³-hybridized carbons (Fsp3) is 0.467. The smallest absolute Gasteiger partial charge is 0.354 e. The summed E-state index contributed by atoms with van der Waals surface area (Å²) in [7, 11) is 3.55. The van der Waals surface area contributed by atoms with Gasteiger partial charge in [0.25, 0.3) is 0 Å². The molecule has 1 amide bonds. The van der Waals surface area contributed by atoms with E-state index >= 15 is 0 Å². The van der Waals surface area contributed by atoms with Crippen LogP contribution in [0, 0.1) is 13.8 Å². The molecule has 1 atom stereocenters. The van der Waals surface area contributed by atoms with E-state index in [-0.39, 0.29) is 11.6 Å². The van der Waals surface area contributed by atoms with Gasteiger partial charge in [0, 0.05) is 38.1 Å². The van der Waals surface area contributed by atoms with Crippen LogP contribution in [0.15, 0.2) is 12.3 Å². The van der Waals surface area contributed by atoms with Crippen LogP contribution in [0.5, 0.6) is 0 Å². The van der Waals surface area contributed by atoms with Crippen molar-refractivity contribution in [3.63, 3.8) is 0 Å². The minimum absolute atomic E-state index is 0.00649. The molecule has 0 saturated heterocycles. The Morgan fingerprint density at radius 2 is 2.04 bits per heavy atom. The third-order valence-electron chi connectivity index (χ3n) is 4.04. The van der Waals surface area contributed by atoms with Gasteiger partial charge in [-0.25, -0.2) is 9.48 Å². The van der Waals surface area contributed by atoms with Crippen molar-refractivity contribution in [2.24, 2.45) is 7.05 Å². The number of carboxylic acids is 1. The zero-order valence-corrected chi connectivity index (χ0v) is 13.9. The number of hydrogen-bond acceptors (Lipinski definition) is 4. The first-order valence-corrected chi connectivity index (χ1v) is 7.24. The Morgan fingerprint density at radius 1 is 1.39 bits per heavy atom. The molecule has 0 radical (unpaired) electrons. The molecule has 2 aromatic rings. The lowest BCUT2D eigenvalue weighted by atomic mass is 10.1. The third-order valence-corrected chi connectivity index (χ3v) is 4.04. The van der Waals surface area contributed by atoms with E-state index in [0.717, 1.165) is 17.0 Å². The summed E-state index contributed by atoms with van der Waals surface area (Å²) in [6.45, 7) is 5.91. The highest BCUT2D eigenvalue weighted by Crippen LogP contribution is 2.17. The minimum Gasteiger partial charge on any atom is -0.477 e. The topological polar surface area (TPSA) is 93.3 Å². The van der Waals surface area contributed by atoms with Gasteiger partial charge in [-0.1, -0.05) is 0 Å². The van der Waals surface area contributed by atoms with Crippen LogP contribution in [0.1, 0.15) is 40.4 Å². The van der Waals surface area contributed by atoms with Crippen molar-refractivity contribution in [1.82, 2.24) is 24.5 Å². The Hall–Kier alpha value is -2.64. The van der Waals surface area contributed by atoms with E-state index in [9.17, 15) is 9.59 Å². The van der Waals surface area contributed by atoms with E-state index in [2.05, 4.69) is 10.2 Å². The number of aromatic carboxylic acids is 1. The van der Waals surface area contributed by atoms with Gasteiger partial charge in [-0.2, -0.15) is 10.2 Å². The number of rotatable bonds is 5. The van der Waals surface area contributed by atoms with Gasteiger partial charge in [-0.3, -0.25) is 9.48 Å². The van der Waals surface area contributed by atoms with Gasteiger partial charge in [-0.15, -0.1) is 0 Å². The van der Waals surface area contributed by atoms with Crippen molar-refractivity contribution in [3.05, 3.63) is 34.9 Å². The first-order valence-electron chi connectivity index (χ1n) is 7.24. The molecule has 0 aliphatic carbocycles. The SMILES string of the molecule is Cc1nn(C)c(C)c1CN(C)C(=O)C(C)n1nccc1C(=O)O. The molecule has 2 rings (SSSR count). The van der Waals surface area contributed by atoms with Gasteiger partial charge < -0.3 is 10.0 Å².